The number of nitrogens with zero attached hydrogens (tertiary/aromatic N) is 2. The average Bonchev–Trinajstić information content (AvgIpc) is 3.01. The fourth-order valence-corrected chi connectivity index (χ4v) is 3.15. The molecule has 3 nitrogen and oxygen atoms in total. The zero-order valence-electron chi connectivity index (χ0n) is 11.0. The van der Waals surface area contributed by atoms with Crippen LogP contribution in [0.1, 0.15) is 42.4 Å². The molecule has 4 rings (SSSR count). The summed E-state index contributed by atoms with van der Waals surface area (Å²) in [5, 5.41) is 8.17. The van der Waals surface area contributed by atoms with E-state index in [1.807, 2.05) is 0 Å². The van der Waals surface area contributed by atoms with E-state index >= 15 is 0 Å². The largest absolute Gasteiger partial charge is 0.316 e. The minimum atomic E-state index is 0.623. The normalized spacial score (nSPS) is 22.8. The van der Waals surface area contributed by atoms with Gasteiger partial charge in [0.25, 0.3) is 0 Å². The fraction of sp³-hybridized carbons (Fsp3) is 0.438. The zero-order valence-corrected chi connectivity index (χ0v) is 11.0. The number of aromatic nitrogens is 2. The van der Waals surface area contributed by atoms with E-state index in [0.29, 0.717) is 5.92 Å². The molecular weight excluding hydrogens is 234 g/mol. The number of hydrogen-bond donors (Lipinski definition) is 1. The molecule has 0 radical (unpaired) electrons. The summed E-state index contributed by atoms with van der Waals surface area (Å²) in [5.41, 5.74) is 4.15. The van der Waals surface area contributed by atoms with Crippen molar-refractivity contribution < 1.29 is 0 Å². The highest BCUT2D eigenvalue weighted by Gasteiger charge is 2.33. The van der Waals surface area contributed by atoms with E-state index in [1.165, 1.54) is 36.2 Å². The van der Waals surface area contributed by atoms with Crippen molar-refractivity contribution in [2.75, 3.05) is 13.1 Å². The van der Waals surface area contributed by atoms with Gasteiger partial charge in [-0.1, -0.05) is 18.2 Å². The molecule has 1 aromatic carbocycles. The zero-order chi connectivity index (χ0) is 12.7. The van der Waals surface area contributed by atoms with Crippen LogP contribution in [0, 0.1) is 0 Å². The van der Waals surface area contributed by atoms with E-state index in [-0.39, 0.29) is 0 Å². The second-order valence-corrected chi connectivity index (χ2v) is 5.70. The van der Waals surface area contributed by atoms with Crippen LogP contribution in [-0.2, 0) is 0 Å². The van der Waals surface area contributed by atoms with E-state index < -0.39 is 0 Å². The van der Waals surface area contributed by atoms with Crippen LogP contribution in [-0.4, -0.2) is 22.9 Å². The Balaban J connectivity index is 1.81. The maximum atomic E-state index is 4.68. The summed E-state index contributed by atoms with van der Waals surface area (Å²) in [6.45, 7) is 2.23. The predicted molar refractivity (Wildman–Crippen MR) is 75.8 cm³/mol. The van der Waals surface area contributed by atoms with E-state index in [9.17, 15) is 0 Å². The van der Waals surface area contributed by atoms with E-state index in [2.05, 4.69) is 51.6 Å². The molecule has 0 spiro atoms. The molecule has 1 saturated heterocycles. The van der Waals surface area contributed by atoms with Crippen LogP contribution in [0.5, 0.6) is 0 Å². The smallest absolute Gasteiger partial charge is 0.0649 e. The van der Waals surface area contributed by atoms with E-state index in [0.717, 1.165) is 19.0 Å². The Kier molecular flexibility index (Phi) is 2.66. The Bertz CT molecular complexity index is 563. The lowest BCUT2D eigenvalue weighted by molar-refractivity contribution is 0.675. The van der Waals surface area contributed by atoms with Gasteiger partial charge in [-0.05, 0) is 49.4 Å². The highest BCUT2D eigenvalue weighted by molar-refractivity contribution is 5.39. The maximum absolute atomic E-state index is 4.68. The molecule has 1 aliphatic carbocycles. The van der Waals surface area contributed by atoms with Crippen molar-refractivity contribution in [3.8, 4) is 5.69 Å². The first-order valence-electron chi connectivity index (χ1n) is 7.27. The van der Waals surface area contributed by atoms with Crippen molar-refractivity contribution in [3.63, 3.8) is 0 Å². The lowest BCUT2D eigenvalue weighted by Gasteiger charge is -2.15. The van der Waals surface area contributed by atoms with Crippen LogP contribution in [0.15, 0.2) is 36.5 Å². The van der Waals surface area contributed by atoms with Gasteiger partial charge in [-0.2, -0.15) is 5.10 Å². The molecule has 2 aliphatic rings. The fourth-order valence-electron chi connectivity index (χ4n) is 3.15. The highest BCUT2D eigenvalue weighted by Crippen LogP contribution is 2.44. The molecule has 3 heteroatoms. The third kappa shape index (κ3) is 1.98. The first-order chi connectivity index (χ1) is 9.43. The Morgan fingerprint density at radius 2 is 1.89 bits per heavy atom. The van der Waals surface area contributed by atoms with Gasteiger partial charge in [0.2, 0.25) is 0 Å². The molecule has 1 aromatic heterocycles. The molecule has 1 aliphatic heterocycles. The lowest BCUT2D eigenvalue weighted by Crippen LogP contribution is -2.13. The van der Waals surface area contributed by atoms with Gasteiger partial charge in [0.05, 0.1) is 17.6 Å². The Morgan fingerprint density at radius 1 is 1.05 bits per heavy atom. The number of para-hydroxylation sites is 1. The molecular formula is C16H19N3. The molecule has 2 aromatic rings. The number of hydrogen-bond acceptors (Lipinski definition) is 2. The first-order valence-corrected chi connectivity index (χ1v) is 7.27. The summed E-state index contributed by atoms with van der Waals surface area (Å²) >= 11 is 0. The van der Waals surface area contributed by atoms with E-state index in [4.69, 9.17) is 0 Å². The molecule has 19 heavy (non-hydrogen) atoms. The molecule has 2 heterocycles. The summed E-state index contributed by atoms with van der Waals surface area (Å²) in [4.78, 5) is 0. The third-order valence-corrected chi connectivity index (χ3v) is 4.30. The monoisotopic (exact) mass is 253 g/mol. The Morgan fingerprint density at radius 3 is 2.58 bits per heavy atom. The summed E-state index contributed by atoms with van der Waals surface area (Å²) in [7, 11) is 0. The second-order valence-electron chi connectivity index (χ2n) is 5.70. The summed E-state index contributed by atoms with van der Waals surface area (Å²) in [6.07, 6.45) is 6.03. The van der Waals surface area contributed by atoms with Gasteiger partial charge < -0.3 is 5.32 Å². The van der Waals surface area contributed by atoms with Crippen molar-refractivity contribution in [2.45, 2.75) is 31.1 Å². The Hall–Kier alpha value is -1.61. The number of nitrogens with one attached hydrogen (secondary N) is 1. The topological polar surface area (TPSA) is 29.9 Å². The SMILES string of the molecule is c1ccc(-n2ncc(C3CC3)c2C2CCNC2)cc1. The summed E-state index contributed by atoms with van der Waals surface area (Å²) in [6, 6.07) is 10.5. The number of benzene rings is 1. The van der Waals surface area contributed by atoms with Crippen LogP contribution in [0.3, 0.4) is 0 Å². The minimum absolute atomic E-state index is 0.623. The minimum Gasteiger partial charge on any atom is -0.316 e. The second kappa shape index (κ2) is 4.49. The van der Waals surface area contributed by atoms with Crippen LogP contribution >= 0.6 is 0 Å². The molecule has 1 atom stereocenters. The van der Waals surface area contributed by atoms with Crippen molar-refractivity contribution in [1.82, 2.24) is 15.1 Å². The standard InChI is InChI=1S/C16H19N3/c1-2-4-14(5-3-1)19-16(13-8-9-17-10-13)15(11-18-19)12-6-7-12/h1-5,11-13,17H,6-10H2. The number of rotatable bonds is 3. The van der Waals surface area contributed by atoms with Gasteiger partial charge in [-0.15, -0.1) is 0 Å². The molecule has 1 N–H and O–H groups in total. The van der Waals surface area contributed by atoms with Crippen LogP contribution in [0.4, 0.5) is 0 Å². The first kappa shape index (κ1) is 11.2. The molecule has 1 saturated carbocycles. The van der Waals surface area contributed by atoms with Gasteiger partial charge in [0.15, 0.2) is 0 Å². The molecule has 1 unspecified atom stereocenters. The maximum Gasteiger partial charge on any atom is 0.0649 e. The summed E-state index contributed by atoms with van der Waals surface area (Å²) in [5.74, 6) is 1.39. The van der Waals surface area contributed by atoms with Gasteiger partial charge in [-0.25, -0.2) is 4.68 Å². The van der Waals surface area contributed by atoms with Gasteiger partial charge in [-0.3, -0.25) is 0 Å². The van der Waals surface area contributed by atoms with Crippen LogP contribution in [0.25, 0.3) is 5.69 Å². The van der Waals surface area contributed by atoms with Crippen molar-refractivity contribution in [2.24, 2.45) is 0 Å². The molecule has 0 bridgehead atoms. The molecule has 0 amide bonds. The predicted octanol–water partition coefficient (Wildman–Crippen LogP) is 2.83. The van der Waals surface area contributed by atoms with Crippen molar-refractivity contribution in [1.29, 1.82) is 0 Å². The third-order valence-electron chi connectivity index (χ3n) is 4.30. The average molecular weight is 253 g/mol. The van der Waals surface area contributed by atoms with Crippen molar-refractivity contribution in [3.05, 3.63) is 47.8 Å². The quantitative estimate of drug-likeness (QED) is 0.911. The Labute approximate surface area is 113 Å². The van der Waals surface area contributed by atoms with Crippen LogP contribution < -0.4 is 5.32 Å². The van der Waals surface area contributed by atoms with E-state index in [1.54, 1.807) is 0 Å². The van der Waals surface area contributed by atoms with Crippen LogP contribution in [0.2, 0.25) is 0 Å². The van der Waals surface area contributed by atoms with Gasteiger partial charge in [0.1, 0.15) is 0 Å². The highest BCUT2D eigenvalue weighted by atomic mass is 15.3. The summed E-state index contributed by atoms with van der Waals surface area (Å²) < 4.78 is 2.17. The molecule has 98 valence electrons. The van der Waals surface area contributed by atoms with Crippen molar-refractivity contribution >= 4 is 0 Å². The lowest BCUT2D eigenvalue weighted by atomic mass is 9.98. The molecule has 2 fully saturated rings. The van der Waals surface area contributed by atoms with Gasteiger partial charge in [0, 0.05) is 12.5 Å². The van der Waals surface area contributed by atoms with Gasteiger partial charge >= 0.3 is 0 Å².